The zero-order valence-electron chi connectivity index (χ0n) is 14.8. The Morgan fingerprint density at radius 3 is 2.92 bits per heavy atom. The van der Waals surface area contributed by atoms with E-state index >= 15 is 0 Å². The molecule has 1 aromatic rings. The molecule has 0 spiro atoms. The van der Waals surface area contributed by atoms with Crippen molar-refractivity contribution in [2.24, 2.45) is 11.7 Å². The van der Waals surface area contributed by atoms with Crippen LogP contribution in [0.25, 0.3) is 0 Å². The van der Waals surface area contributed by atoms with E-state index in [2.05, 4.69) is 15.8 Å². The van der Waals surface area contributed by atoms with Gasteiger partial charge in [-0.3, -0.25) is 14.4 Å². The summed E-state index contributed by atoms with van der Waals surface area (Å²) in [6.45, 7) is 3.63. The van der Waals surface area contributed by atoms with Crippen molar-refractivity contribution in [2.45, 2.75) is 19.8 Å². The second-order valence-corrected chi connectivity index (χ2v) is 7.11. The molecule has 0 radical (unpaired) electrons. The first-order chi connectivity index (χ1) is 12.5. The van der Waals surface area contributed by atoms with E-state index in [1.807, 2.05) is 0 Å². The first kappa shape index (κ1) is 20.2. The molecule has 26 heavy (non-hydrogen) atoms. The normalized spacial score (nSPS) is 17.0. The quantitative estimate of drug-likeness (QED) is 0.574. The summed E-state index contributed by atoms with van der Waals surface area (Å²) in [6.07, 6.45) is 1.57. The number of amides is 3. The van der Waals surface area contributed by atoms with Crippen molar-refractivity contribution in [1.82, 2.24) is 15.4 Å². The SMILES string of the molecule is Cc1cc(NC(=O)CSCC(=O)N2CCCC(C(=O)NCCN)C2)no1. The van der Waals surface area contributed by atoms with Crippen molar-refractivity contribution in [2.75, 3.05) is 43.0 Å². The fourth-order valence-corrected chi connectivity index (χ4v) is 3.40. The van der Waals surface area contributed by atoms with E-state index in [1.54, 1.807) is 17.9 Å². The van der Waals surface area contributed by atoms with E-state index in [9.17, 15) is 14.4 Å². The predicted octanol–water partition coefficient (Wildman–Crippen LogP) is -0.0318. The van der Waals surface area contributed by atoms with Crippen LogP contribution in [0.3, 0.4) is 0 Å². The summed E-state index contributed by atoms with van der Waals surface area (Å²) in [5, 5.41) is 9.06. The number of carbonyl (C=O) groups excluding carboxylic acids is 3. The molecule has 1 saturated heterocycles. The highest BCUT2D eigenvalue weighted by Gasteiger charge is 2.28. The molecule has 1 atom stereocenters. The molecule has 144 valence electrons. The van der Waals surface area contributed by atoms with Gasteiger partial charge >= 0.3 is 0 Å². The number of nitrogens with two attached hydrogens (primary N) is 1. The second-order valence-electron chi connectivity index (χ2n) is 6.12. The molecule has 0 aromatic carbocycles. The molecule has 1 unspecified atom stereocenters. The number of thioether (sulfide) groups is 1. The fourth-order valence-electron chi connectivity index (χ4n) is 2.68. The van der Waals surface area contributed by atoms with E-state index in [4.69, 9.17) is 10.3 Å². The van der Waals surface area contributed by atoms with Crippen LogP contribution in [-0.4, -0.2) is 65.5 Å². The highest BCUT2D eigenvalue weighted by molar-refractivity contribution is 8.00. The van der Waals surface area contributed by atoms with Crippen LogP contribution in [-0.2, 0) is 14.4 Å². The van der Waals surface area contributed by atoms with Crippen molar-refractivity contribution < 1.29 is 18.9 Å². The molecular weight excluding hydrogens is 358 g/mol. The van der Waals surface area contributed by atoms with Gasteiger partial charge in [0, 0.05) is 32.2 Å². The van der Waals surface area contributed by atoms with Crippen LogP contribution < -0.4 is 16.4 Å². The number of piperidine rings is 1. The van der Waals surface area contributed by atoms with Gasteiger partial charge in [0.2, 0.25) is 17.7 Å². The smallest absolute Gasteiger partial charge is 0.235 e. The summed E-state index contributed by atoms with van der Waals surface area (Å²) >= 11 is 1.23. The summed E-state index contributed by atoms with van der Waals surface area (Å²) in [5.41, 5.74) is 5.39. The van der Waals surface area contributed by atoms with E-state index in [0.29, 0.717) is 37.8 Å². The Kier molecular flexibility index (Phi) is 7.92. The van der Waals surface area contributed by atoms with Gasteiger partial charge in [-0.05, 0) is 19.8 Å². The van der Waals surface area contributed by atoms with Crippen molar-refractivity contribution >= 4 is 35.3 Å². The first-order valence-corrected chi connectivity index (χ1v) is 9.71. The van der Waals surface area contributed by atoms with Gasteiger partial charge in [-0.1, -0.05) is 5.16 Å². The Balaban J connectivity index is 1.69. The number of aryl methyl sites for hydroxylation is 1. The largest absolute Gasteiger partial charge is 0.360 e. The minimum atomic E-state index is -0.242. The van der Waals surface area contributed by atoms with E-state index < -0.39 is 0 Å². The maximum absolute atomic E-state index is 12.3. The lowest BCUT2D eigenvalue weighted by molar-refractivity contribution is -0.133. The Morgan fingerprint density at radius 1 is 1.42 bits per heavy atom. The molecular formula is C16H25N5O4S. The Hall–Kier alpha value is -2.07. The molecule has 2 rings (SSSR count). The van der Waals surface area contributed by atoms with Gasteiger partial charge in [-0.2, -0.15) is 0 Å². The summed E-state index contributed by atoms with van der Waals surface area (Å²) in [4.78, 5) is 37.9. The highest BCUT2D eigenvalue weighted by Crippen LogP contribution is 2.18. The maximum atomic E-state index is 12.3. The van der Waals surface area contributed by atoms with Crippen LogP contribution in [0, 0.1) is 12.8 Å². The molecule has 10 heteroatoms. The number of nitrogens with zero attached hydrogens (tertiary/aromatic N) is 2. The van der Waals surface area contributed by atoms with Crippen LogP contribution in [0.2, 0.25) is 0 Å². The topological polar surface area (TPSA) is 131 Å². The van der Waals surface area contributed by atoms with Gasteiger partial charge in [-0.25, -0.2) is 0 Å². The summed E-state index contributed by atoms with van der Waals surface area (Å²) in [7, 11) is 0. The van der Waals surface area contributed by atoms with Crippen LogP contribution >= 0.6 is 11.8 Å². The lowest BCUT2D eigenvalue weighted by Crippen LogP contribution is -2.46. The van der Waals surface area contributed by atoms with Crippen molar-refractivity contribution in [1.29, 1.82) is 0 Å². The average Bonchev–Trinajstić information content (AvgIpc) is 3.04. The van der Waals surface area contributed by atoms with Crippen molar-refractivity contribution in [3.05, 3.63) is 11.8 Å². The molecule has 9 nitrogen and oxygen atoms in total. The number of carbonyl (C=O) groups is 3. The van der Waals surface area contributed by atoms with E-state index in [1.165, 1.54) is 11.8 Å². The van der Waals surface area contributed by atoms with Crippen LogP contribution in [0.4, 0.5) is 5.82 Å². The third-order valence-electron chi connectivity index (χ3n) is 3.94. The van der Waals surface area contributed by atoms with Gasteiger partial charge in [0.1, 0.15) is 5.76 Å². The summed E-state index contributed by atoms with van der Waals surface area (Å²) < 4.78 is 4.87. The molecule has 1 aromatic heterocycles. The van der Waals surface area contributed by atoms with Crippen molar-refractivity contribution in [3.8, 4) is 0 Å². The number of aromatic nitrogens is 1. The molecule has 1 fully saturated rings. The number of anilines is 1. The van der Waals surface area contributed by atoms with Gasteiger partial charge in [0.15, 0.2) is 5.82 Å². The number of hydrogen-bond donors (Lipinski definition) is 3. The zero-order valence-corrected chi connectivity index (χ0v) is 15.6. The third-order valence-corrected chi connectivity index (χ3v) is 4.86. The molecule has 0 bridgehead atoms. The average molecular weight is 383 g/mol. The minimum absolute atomic E-state index is 0.0529. The van der Waals surface area contributed by atoms with Gasteiger partial charge < -0.3 is 25.8 Å². The molecule has 3 amide bonds. The Bertz CT molecular complexity index is 636. The van der Waals surface area contributed by atoms with Crippen LogP contribution in [0.15, 0.2) is 10.6 Å². The molecule has 2 heterocycles. The summed E-state index contributed by atoms with van der Waals surface area (Å²) in [5.74, 6) is 0.769. The monoisotopic (exact) mass is 383 g/mol. The second kappa shape index (κ2) is 10.2. The Labute approximate surface area is 156 Å². The fraction of sp³-hybridized carbons (Fsp3) is 0.625. The molecule has 1 aliphatic heterocycles. The number of hydrogen-bond acceptors (Lipinski definition) is 7. The van der Waals surface area contributed by atoms with Crippen LogP contribution in [0.5, 0.6) is 0 Å². The molecule has 0 aliphatic carbocycles. The standard InChI is InChI=1S/C16H25N5O4S/c1-11-7-13(20-25-11)19-14(22)9-26-10-15(23)21-6-2-3-12(8-21)16(24)18-5-4-17/h7,12H,2-6,8-10,17H2,1H3,(H,18,24)(H,19,20,22). The number of likely N-dealkylation sites (tertiary alicyclic amines) is 1. The lowest BCUT2D eigenvalue weighted by atomic mass is 9.97. The predicted molar refractivity (Wildman–Crippen MR) is 98.6 cm³/mol. The van der Waals surface area contributed by atoms with Crippen molar-refractivity contribution in [3.63, 3.8) is 0 Å². The van der Waals surface area contributed by atoms with Gasteiger partial charge in [0.25, 0.3) is 0 Å². The third kappa shape index (κ3) is 6.34. The summed E-state index contributed by atoms with van der Waals surface area (Å²) in [6, 6.07) is 1.62. The van der Waals surface area contributed by atoms with E-state index in [0.717, 1.165) is 12.8 Å². The lowest BCUT2D eigenvalue weighted by Gasteiger charge is -2.32. The molecule has 4 N–H and O–H groups in total. The van der Waals surface area contributed by atoms with E-state index in [-0.39, 0.29) is 35.1 Å². The first-order valence-electron chi connectivity index (χ1n) is 8.56. The molecule has 1 aliphatic rings. The Morgan fingerprint density at radius 2 is 2.23 bits per heavy atom. The highest BCUT2D eigenvalue weighted by atomic mass is 32.2. The molecule has 0 saturated carbocycles. The number of nitrogens with one attached hydrogen (secondary N) is 2. The maximum Gasteiger partial charge on any atom is 0.235 e. The van der Waals surface area contributed by atoms with Gasteiger partial charge in [0.05, 0.1) is 17.4 Å². The minimum Gasteiger partial charge on any atom is -0.360 e. The van der Waals surface area contributed by atoms with Gasteiger partial charge in [-0.15, -0.1) is 11.8 Å². The van der Waals surface area contributed by atoms with Crippen LogP contribution in [0.1, 0.15) is 18.6 Å². The zero-order chi connectivity index (χ0) is 18.9. The number of rotatable bonds is 8.